The zero-order valence-corrected chi connectivity index (χ0v) is 11.3. The molecule has 0 aliphatic carbocycles. The van der Waals surface area contributed by atoms with Gasteiger partial charge in [-0.15, -0.1) is 6.58 Å². The van der Waals surface area contributed by atoms with Gasteiger partial charge in [-0.05, 0) is 12.3 Å². The topological polar surface area (TPSA) is 0 Å². The molecular formula is C13H32. The lowest BCUT2D eigenvalue weighted by molar-refractivity contribution is 0.635. The van der Waals surface area contributed by atoms with Crippen molar-refractivity contribution in [1.82, 2.24) is 0 Å². The molecule has 0 heteroatoms. The summed E-state index contributed by atoms with van der Waals surface area (Å²) in [6.45, 7) is 20.1. The van der Waals surface area contributed by atoms with Crippen LogP contribution < -0.4 is 0 Å². The molecule has 0 aliphatic heterocycles. The molecule has 0 aromatic carbocycles. The minimum Gasteiger partial charge on any atom is -0.103 e. The lowest BCUT2D eigenvalue weighted by atomic mass is 10.1. The van der Waals surface area contributed by atoms with Crippen LogP contribution in [0.25, 0.3) is 0 Å². The summed E-state index contributed by atoms with van der Waals surface area (Å²) < 4.78 is 0. The van der Waals surface area contributed by atoms with Gasteiger partial charge in [0.05, 0.1) is 0 Å². The standard InChI is InChI=1S/C7H14.3C2H6/c1-4-6-7(3)5-2;3*1-2/h5,7H,2,4,6H2,1,3H3;3*1-2H3. The lowest BCUT2D eigenvalue weighted by Crippen LogP contribution is -1.84. The Kier molecular flexibility index (Phi) is 72.7. The molecule has 0 aliphatic rings. The van der Waals surface area contributed by atoms with E-state index in [9.17, 15) is 0 Å². The maximum Gasteiger partial charge on any atom is -0.0265 e. The molecule has 0 saturated carbocycles. The highest BCUT2D eigenvalue weighted by atomic mass is 13.9. The van der Waals surface area contributed by atoms with E-state index in [0.717, 1.165) is 0 Å². The highest BCUT2D eigenvalue weighted by molar-refractivity contribution is 4.73. The van der Waals surface area contributed by atoms with Gasteiger partial charge < -0.3 is 0 Å². The summed E-state index contributed by atoms with van der Waals surface area (Å²) in [7, 11) is 0. The Balaban J connectivity index is -0.0000000573. The lowest BCUT2D eigenvalue weighted by Gasteiger charge is -1.98. The van der Waals surface area contributed by atoms with Gasteiger partial charge in [-0.1, -0.05) is 67.9 Å². The van der Waals surface area contributed by atoms with Gasteiger partial charge in [-0.3, -0.25) is 0 Å². The van der Waals surface area contributed by atoms with E-state index in [1.54, 1.807) is 0 Å². The fraction of sp³-hybridized carbons (Fsp3) is 0.846. The van der Waals surface area contributed by atoms with Crippen LogP contribution in [0.15, 0.2) is 12.7 Å². The second-order valence-electron chi connectivity index (χ2n) is 2.00. The van der Waals surface area contributed by atoms with Crippen LogP contribution in [0.3, 0.4) is 0 Å². The van der Waals surface area contributed by atoms with Gasteiger partial charge in [0.25, 0.3) is 0 Å². The van der Waals surface area contributed by atoms with Crippen molar-refractivity contribution in [2.24, 2.45) is 5.92 Å². The Bertz CT molecular complexity index is 46.0. The average molecular weight is 188 g/mol. The van der Waals surface area contributed by atoms with E-state index in [-0.39, 0.29) is 0 Å². The molecule has 0 fully saturated rings. The molecule has 0 spiro atoms. The Morgan fingerprint density at radius 3 is 1.38 bits per heavy atom. The van der Waals surface area contributed by atoms with Crippen LogP contribution >= 0.6 is 0 Å². The normalized spacial score (nSPS) is 8.62. The summed E-state index contributed by atoms with van der Waals surface area (Å²) in [6.07, 6.45) is 4.56. The summed E-state index contributed by atoms with van der Waals surface area (Å²) in [5, 5.41) is 0. The smallest absolute Gasteiger partial charge is 0.0265 e. The van der Waals surface area contributed by atoms with E-state index in [4.69, 9.17) is 0 Å². The summed E-state index contributed by atoms with van der Waals surface area (Å²) in [5.74, 6) is 0.713. The zero-order valence-electron chi connectivity index (χ0n) is 11.3. The molecule has 0 amide bonds. The van der Waals surface area contributed by atoms with Crippen molar-refractivity contribution in [1.29, 1.82) is 0 Å². The first-order chi connectivity index (χ1) is 6.31. The van der Waals surface area contributed by atoms with Crippen LogP contribution in [0.1, 0.15) is 68.2 Å². The summed E-state index contributed by atoms with van der Waals surface area (Å²) >= 11 is 0. The fourth-order valence-electron chi connectivity index (χ4n) is 0.573. The highest BCUT2D eigenvalue weighted by Crippen LogP contribution is 2.03. The Morgan fingerprint density at radius 2 is 1.31 bits per heavy atom. The fourth-order valence-corrected chi connectivity index (χ4v) is 0.573. The van der Waals surface area contributed by atoms with Gasteiger partial charge in [0, 0.05) is 0 Å². The van der Waals surface area contributed by atoms with E-state index >= 15 is 0 Å². The first-order valence-electron chi connectivity index (χ1n) is 5.93. The van der Waals surface area contributed by atoms with Gasteiger partial charge in [0.1, 0.15) is 0 Å². The number of hydrogen-bond acceptors (Lipinski definition) is 0. The largest absolute Gasteiger partial charge is 0.103 e. The molecule has 0 rings (SSSR count). The quantitative estimate of drug-likeness (QED) is 0.499. The molecule has 0 radical (unpaired) electrons. The molecule has 1 unspecified atom stereocenters. The third-order valence-corrected chi connectivity index (χ3v) is 1.15. The zero-order chi connectivity index (χ0) is 11.7. The van der Waals surface area contributed by atoms with Crippen LogP contribution in [-0.2, 0) is 0 Å². The predicted octanol–water partition coefficient (Wildman–Crippen LogP) is 5.69. The Morgan fingerprint density at radius 1 is 1.00 bits per heavy atom. The van der Waals surface area contributed by atoms with Crippen LogP contribution in [-0.4, -0.2) is 0 Å². The number of rotatable bonds is 3. The van der Waals surface area contributed by atoms with E-state index in [1.165, 1.54) is 12.8 Å². The van der Waals surface area contributed by atoms with Crippen LogP contribution in [0.4, 0.5) is 0 Å². The molecule has 84 valence electrons. The molecule has 0 nitrogen and oxygen atoms in total. The van der Waals surface area contributed by atoms with Crippen molar-refractivity contribution in [3.8, 4) is 0 Å². The minimum atomic E-state index is 0.713. The maximum absolute atomic E-state index is 3.68. The molecule has 0 aromatic rings. The van der Waals surface area contributed by atoms with E-state index in [0.29, 0.717) is 5.92 Å². The van der Waals surface area contributed by atoms with Crippen molar-refractivity contribution in [3.05, 3.63) is 12.7 Å². The molecule has 0 saturated heterocycles. The average Bonchev–Trinajstić information content (AvgIpc) is 2.27. The molecule has 13 heavy (non-hydrogen) atoms. The van der Waals surface area contributed by atoms with Crippen molar-refractivity contribution < 1.29 is 0 Å². The van der Waals surface area contributed by atoms with Crippen molar-refractivity contribution in [2.75, 3.05) is 0 Å². The monoisotopic (exact) mass is 188 g/mol. The summed E-state index contributed by atoms with van der Waals surface area (Å²) in [5.41, 5.74) is 0. The molecular weight excluding hydrogens is 156 g/mol. The molecule has 0 heterocycles. The Labute approximate surface area is 87.4 Å². The Hall–Kier alpha value is -0.260. The summed E-state index contributed by atoms with van der Waals surface area (Å²) in [6, 6.07) is 0. The molecule has 0 aromatic heterocycles. The minimum absolute atomic E-state index is 0.713. The second kappa shape index (κ2) is 41.1. The first-order valence-corrected chi connectivity index (χ1v) is 5.93. The second-order valence-corrected chi connectivity index (χ2v) is 2.00. The van der Waals surface area contributed by atoms with Gasteiger partial charge in [0.15, 0.2) is 0 Å². The third-order valence-electron chi connectivity index (χ3n) is 1.15. The van der Waals surface area contributed by atoms with Crippen LogP contribution in [0.2, 0.25) is 0 Å². The molecule has 0 bridgehead atoms. The first kappa shape index (κ1) is 23.0. The van der Waals surface area contributed by atoms with Gasteiger partial charge in [-0.2, -0.15) is 0 Å². The van der Waals surface area contributed by atoms with E-state index < -0.39 is 0 Å². The van der Waals surface area contributed by atoms with Gasteiger partial charge >= 0.3 is 0 Å². The van der Waals surface area contributed by atoms with Crippen molar-refractivity contribution >= 4 is 0 Å². The van der Waals surface area contributed by atoms with Crippen LogP contribution in [0, 0.1) is 5.92 Å². The maximum atomic E-state index is 3.68. The number of allylic oxidation sites excluding steroid dienone is 1. The SMILES string of the molecule is C=CC(C)CCC.CC.CC.CC. The summed E-state index contributed by atoms with van der Waals surface area (Å²) in [4.78, 5) is 0. The van der Waals surface area contributed by atoms with E-state index in [1.807, 2.05) is 47.6 Å². The van der Waals surface area contributed by atoms with Gasteiger partial charge in [0.2, 0.25) is 0 Å². The third kappa shape index (κ3) is 49.6. The highest BCUT2D eigenvalue weighted by Gasteiger charge is 1.89. The van der Waals surface area contributed by atoms with E-state index in [2.05, 4.69) is 20.4 Å². The molecule has 0 N–H and O–H groups in total. The molecule has 1 atom stereocenters. The van der Waals surface area contributed by atoms with Crippen molar-refractivity contribution in [2.45, 2.75) is 68.2 Å². The van der Waals surface area contributed by atoms with Crippen molar-refractivity contribution in [3.63, 3.8) is 0 Å². The predicted molar refractivity (Wildman–Crippen MR) is 68.3 cm³/mol. The van der Waals surface area contributed by atoms with Gasteiger partial charge in [-0.25, -0.2) is 0 Å². The van der Waals surface area contributed by atoms with Crippen LogP contribution in [0.5, 0.6) is 0 Å². The number of hydrogen-bond donors (Lipinski definition) is 0.